The van der Waals surface area contributed by atoms with Gasteiger partial charge in [-0.15, -0.1) is 0 Å². The van der Waals surface area contributed by atoms with Crippen LogP contribution in [0.1, 0.15) is 5.56 Å². The van der Waals surface area contributed by atoms with E-state index in [0.717, 1.165) is 0 Å². The topological polar surface area (TPSA) is 46.6 Å². The SMILES string of the molecule is COc1ccc(S(=O)(=O)N(C)Cc2ccc(F)cc2)cc1Br. The fourth-order valence-corrected chi connectivity index (χ4v) is 3.80. The lowest BCUT2D eigenvalue weighted by Crippen LogP contribution is -2.26. The summed E-state index contributed by atoms with van der Waals surface area (Å²) in [5.41, 5.74) is 0.708. The monoisotopic (exact) mass is 387 g/mol. The molecule has 0 bridgehead atoms. The summed E-state index contributed by atoms with van der Waals surface area (Å²) in [5.74, 6) is 0.202. The van der Waals surface area contributed by atoms with E-state index in [9.17, 15) is 12.8 Å². The first kappa shape index (κ1) is 16.9. The number of ether oxygens (including phenoxy) is 1. The Labute approximate surface area is 137 Å². The summed E-state index contributed by atoms with van der Waals surface area (Å²) in [4.78, 5) is 0.157. The lowest BCUT2D eigenvalue weighted by atomic mass is 10.2. The molecule has 0 amide bonds. The lowest BCUT2D eigenvalue weighted by Gasteiger charge is -2.18. The largest absolute Gasteiger partial charge is 0.496 e. The Kier molecular flexibility index (Phi) is 5.20. The van der Waals surface area contributed by atoms with Gasteiger partial charge in [0.1, 0.15) is 11.6 Å². The van der Waals surface area contributed by atoms with Crippen LogP contribution in [0.4, 0.5) is 4.39 Å². The molecule has 0 fully saturated rings. The average molecular weight is 388 g/mol. The molecule has 0 N–H and O–H groups in total. The van der Waals surface area contributed by atoms with Gasteiger partial charge in [0.15, 0.2) is 0 Å². The van der Waals surface area contributed by atoms with Crippen LogP contribution in [0.15, 0.2) is 51.8 Å². The van der Waals surface area contributed by atoms with Crippen molar-refractivity contribution in [3.8, 4) is 5.75 Å². The van der Waals surface area contributed by atoms with E-state index in [1.54, 1.807) is 18.2 Å². The normalized spacial score (nSPS) is 11.7. The molecule has 0 aliphatic carbocycles. The second kappa shape index (κ2) is 6.76. The molecule has 2 aromatic carbocycles. The Balaban J connectivity index is 2.25. The van der Waals surface area contributed by atoms with Gasteiger partial charge >= 0.3 is 0 Å². The van der Waals surface area contributed by atoms with Crippen molar-refractivity contribution in [2.75, 3.05) is 14.2 Å². The predicted molar refractivity (Wildman–Crippen MR) is 85.7 cm³/mol. The van der Waals surface area contributed by atoms with E-state index in [1.807, 2.05) is 0 Å². The van der Waals surface area contributed by atoms with Crippen molar-refractivity contribution in [3.63, 3.8) is 0 Å². The summed E-state index contributed by atoms with van der Waals surface area (Å²) < 4.78 is 44.8. The number of nitrogens with zero attached hydrogens (tertiary/aromatic N) is 1. The zero-order valence-corrected chi connectivity index (χ0v) is 14.5. The van der Waals surface area contributed by atoms with Gasteiger partial charge in [-0.2, -0.15) is 4.31 Å². The molecular formula is C15H15BrFNO3S. The molecule has 0 heterocycles. The minimum Gasteiger partial charge on any atom is -0.496 e. The number of sulfonamides is 1. The van der Waals surface area contributed by atoms with Crippen molar-refractivity contribution in [2.24, 2.45) is 0 Å². The Morgan fingerprint density at radius 1 is 1.18 bits per heavy atom. The molecule has 22 heavy (non-hydrogen) atoms. The molecule has 0 aromatic heterocycles. The highest BCUT2D eigenvalue weighted by atomic mass is 79.9. The molecule has 0 saturated heterocycles. The van der Waals surface area contributed by atoms with Gasteiger partial charge in [0.05, 0.1) is 16.5 Å². The van der Waals surface area contributed by atoms with E-state index in [-0.39, 0.29) is 17.3 Å². The van der Waals surface area contributed by atoms with Crippen LogP contribution in [0.5, 0.6) is 5.75 Å². The van der Waals surface area contributed by atoms with Crippen molar-refractivity contribution in [1.82, 2.24) is 4.31 Å². The van der Waals surface area contributed by atoms with Crippen LogP contribution in [0.3, 0.4) is 0 Å². The van der Waals surface area contributed by atoms with Gasteiger partial charge in [-0.25, -0.2) is 12.8 Å². The quantitative estimate of drug-likeness (QED) is 0.789. The summed E-state index contributed by atoms with van der Waals surface area (Å²) in [7, 11) is -0.649. The van der Waals surface area contributed by atoms with Gasteiger partial charge in [-0.05, 0) is 51.8 Å². The molecule has 0 saturated carbocycles. The van der Waals surface area contributed by atoms with Crippen LogP contribution in [-0.2, 0) is 16.6 Å². The van der Waals surface area contributed by atoms with E-state index in [4.69, 9.17) is 4.74 Å². The molecular weight excluding hydrogens is 373 g/mol. The Bertz CT molecular complexity index is 763. The fraction of sp³-hybridized carbons (Fsp3) is 0.200. The van der Waals surface area contributed by atoms with Gasteiger partial charge in [0.2, 0.25) is 10.0 Å². The molecule has 0 atom stereocenters. The Morgan fingerprint density at radius 3 is 2.36 bits per heavy atom. The van der Waals surface area contributed by atoms with Crippen LogP contribution < -0.4 is 4.74 Å². The van der Waals surface area contributed by atoms with Gasteiger partial charge in [0.25, 0.3) is 0 Å². The zero-order chi connectivity index (χ0) is 16.3. The second-order valence-corrected chi connectivity index (χ2v) is 7.58. The molecule has 0 aliphatic rings. The number of rotatable bonds is 5. The molecule has 2 rings (SSSR count). The molecule has 4 nitrogen and oxygen atoms in total. The number of methoxy groups -OCH3 is 1. The minimum absolute atomic E-state index is 0.157. The molecule has 7 heteroatoms. The maximum atomic E-state index is 12.9. The Hall–Kier alpha value is -1.44. The van der Waals surface area contributed by atoms with E-state index in [1.165, 1.54) is 42.7 Å². The first-order chi connectivity index (χ1) is 10.3. The molecule has 2 aromatic rings. The summed E-state index contributed by atoms with van der Waals surface area (Å²) in [6.45, 7) is 0.159. The number of benzene rings is 2. The highest BCUT2D eigenvalue weighted by Gasteiger charge is 2.22. The Morgan fingerprint density at radius 2 is 1.82 bits per heavy atom. The first-order valence-corrected chi connectivity index (χ1v) is 8.62. The predicted octanol–water partition coefficient (Wildman–Crippen LogP) is 3.42. The highest BCUT2D eigenvalue weighted by Crippen LogP contribution is 2.28. The fourth-order valence-electron chi connectivity index (χ4n) is 1.92. The van der Waals surface area contributed by atoms with Crippen molar-refractivity contribution < 1.29 is 17.5 Å². The third-order valence-electron chi connectivity index (χ3n) is 3.15. The van der Waals surface area contributed by atoms with Crippen molar-refractivity contribution >= 4 is 26.0 Å². The van der Waals surface area contributed by atoms with Crippen LogP contribution in [0, 0.1) is 5.82 Å². The number of hydrogen-bond acceptors (Lipinski definition) is 3. The summed E-state index contributed by atoms with van der Waals surface area (Å²) in [6, 6.07) is 10.3. The van der Waals surface area contributed by atoms with Crippen LogP contribution in [0.25, 0.3) is 0 Å². The number of halogens is 2. The summed E-state index contributed by atoms with van der Waals surface area (Å²) >= 11 is 3.27. The summed E-state index contributed by atoms with van der Waals surface area (Å²) in [5, 5.41) is 0. The van der Waals surface area contributed by atoms with Crippen molar-refractivity contribution in [1.29, 1.82) is 0 Å². The maximum absolute atomic E-state index is 12.9. The number of hydrogen-bond donors (Lipinski definition) is 0. The smallest absolute Gasteiger partial charge is 0.243 e. The maximum Gasteiger partial charge on any atom is 0.243 e. The van der Waals surface area contributed by atoms with Crippen molar-refractivity contribution in [3.05, 3.63) is 58.3 Å². The lowest BCUT2D eigenvalue weighted by molar-refractivity contribution is 0.411. The molecule has 0 unspecified atom stereocenters. The second-order valence-electron chi connectivity index (χ2n) is 4.68. The summed E-state index contributed by atoms with van der Waals surface area (Å²) in [6.07, 6.45) is 0. The van der Waals surface area contributed by atoms with E-state index in [2.05, 4.69) is 15.9 Å². The molecule has 118 valence electrons. The zero-order valence-electron chi connectivity index (χ0n) is 12.1. The van der Waals surface area contributed by atoms with Crippen molar-refractivity contribution in [2.45, 2.75) is 11.4 Å². The van der Waals surface area contributed by atoms with E-state index in [0.29, 0.717) is 15.8 Å². The van der Waals surface area contributed by atoms with Gasteiger partial charge < -0.3 is 4.74 Å². The van der Waals surface area contributed by atoms with Gasteiger partial charge in [0, 0.05) is 13.6 Å². The third kappa shape index (κ3) is 3.66. The molecule has 0 aliphatic heterocycles. The standard InChI is InChI=1S/C15H15BrFNO3S/c1-18(10-11-3-5-12(17)6-4-11)22(19,20)13-7-8-15(21-2)14(16)9-13/h3-9H,10H2,1-2H3. The first-order valence-electron chi connectivity index (χ1n) is 6.39. The minimum atomic E-state index is -3.64. The van der Waals surface area contributed by atoms with Gasteiger partial charge in [-0.1, -0.05) is 12.1 Å². The highest BCUT2D eigenvalue weighted by molar-refractivity contribution is 9.10. The van der Waals surface area contributed by atoms with Crippen LogP contribution in [0.2, 0.25) is 0 Å². The van der Waals surface area contributed by atoms with E-state index >= 15 is 0 Å². The molecule has 0 radical (unpaired) electrons. The van der Waals surface area contributed by atoms with Crippen LogP contribution >= 0.6 is 15.9 Å². The van der Waals surface area contributed by atoms with Gasteiger partial charge in [-0.3, -0.25) is 0 Å². The van der Waals surface area contributed by atoms with Crippen LogP contribution in [-0.4, -0.2) is 26.9 Å². The average Bonchev–Trinajstić information content (AvgIpc) is 2.49. The van der Waals surface area contributed by atoms with E-state index < -0.39 is 10.0 Å². The molecule has 0 spiro atoms. The third-order valence-corrected chi connectivity index (χ3v) is 5.57.